The van der Waals surface area contributed by atoms with Crippen molar-refractivity contribution in [3.63, 3.8) is 0 Å². The molecule has 0 saturated carbocycles. The molecule has 0 radical (unpaired) electrons. The van der Waals surface area contributed by atoms with Crippen molar-refractivity contribution in [2.75, 3.05) is 32.4 Å². The van der Waals surface area contributed by atoms with E-state index in [0.29, 0.717) is 10.9 Å². The molecule has 0 aliphatic carbocycles. The van der Waals surface area contributed by atoms with Crippen LogP contribution in [0.1, 0.15) is 23.7 Å². The summed E-state index contributed by atoms with van der Waals surface area (Å²) in [4.78, 5) is 15.7. The van der Waals surface area contributed by atoms with Gasteiger partial charge in [0, 0.05) is 23.0 Å². The highest BCUT2D eigenvalue weighted by atomic mass is 35.5. The van der Waals surface area contributed by atoms with E-state index in [0.717, 1.165) is 42.3 Å². The fraction of sp³-hybridized carbons (Fsp3) is 0.533. The number of carbonyl (C=O) groups excluding carboxylic acids is 1. The maximum absolute atomic E-state index is 12.7. The van der Waals surface area contributed by atoms with E-state index in [1.807, 2.05) is 24.1 Å². The van der Waals surface area contributed by atoms with E-state index in [4.69, 9.17) is 11.6 Å². The zero-order valence-electron chi connectivity index (χ0n) is 12.4. The van der Waals surface area contributed by atoms with Gasteiger partial charge in [0.25, 0.3) is 5.91 Å². The van der Waals surface area contributed by atoms with Crippen molar-refractivity contribution in [2.45, 2.75) is 18.2 Å². The van der Waals surface area contributed by atoms with E-state index in [9.17, 15) is 4.79 Å². The van der Waals surface area contributed by atoms with Crippen LogP contribution in [0.15, 0.2) is 23.1 Å². The fourth-order valence-electron chi connectivity index (χ4n) is 2.59. The highest BCUT2D eigenvalue weighted by molar-refractivity contribution is 7.99. The third kappa shape index (κ3) is 4.78. The number of nitrogens with zero attached hydrogens (tertiary/aromatic N) is 1. The number of nitrogens with one attached hydrogen (secondary N) is 1. The first-order valence-electron chi connectivity index (χ1n) is 7.02. The van der Waals surface area contributed by atoms with E-state index >= 15 is 0 Å². The number of hydrogen-bond donors (Lipinski definition) is 1. The molecule has 0 bridgehead atoms. The number of thioether (sulfide) groups is 1. The van der Waals surface area contributed by atoms with Crippen LogP contribution in [0.2, 0.25) is 5.02 Å². The van der Waals surface area contributed by atoms with Gasteiger partial charge in [0.15, 0.2) is 0 Å². The molecule has 1 aromatic carbocycles. The molecule has 0 spiro atoms. The van der Waals surface area contributed by atoms with Crippen LogP contribution < -0.4 is 5.32 Å². The highest BCUT2D eigenvalue weighted by Crippen LogP contribution is 2.28. The van der Waals surface area contributed by atoms with Gasteiger partial charge in [-0.3, -0.25) is 4.79 Å². The lowest BCUT2D eigenvalue weighted by Crippen LogP contribution is -2.30. The van der Waals surface area contributed by atoms with Crippen LogP contribution in [0.25, 0.3) is 0 Å². The molecule has 21 heavy (non-hydrogen) atoms. The third-order valence-corrected chi connectivity index (χ3v) is 4.73. The molecule has 1 N–H and O–H groups in total. The Balaban J connectivity index is 0.00000220. The second-order valence-electron chi connectivity index (χ2n) is 5.04. The van der Waals surface area contributed by atoms with Gasteiger partial charge in [-0.15, -0.1) is 24.2 Å². The minimum absolute atomic E-state index is 0. The summed E-state index contributed by atoms with van der Waals surface area (Å²) in [6, 6.07) is 5.60. The van der Waals surface area contributed by atoms with Crippen molar-refractivity contribution in [1.29, 1.82) is 0 Å². The molecule has 1 unspecified atom stereocenters. The van der Waals surface area contributed by atoms with Gasteiger partial charge in [0.2, 0.25) is 0 Å². The number of amides is 1. The Kier molecular flexibility index (Phi) is 7.88. The van der Waals surface area contributed by atoms with Crippen molar-refractivity contribution >= 4 is 41.7 Å². The van der Waals surface area contributed by atoms with E-state index in [1.54, 1.807) is 17.8 Å². The standard InChI is InChI=1S/C15H21ClN2OS.ClH/c1-3-20-14-5-4-12(16)8-13(14)15(19)18-7-6-11(10-18)9-17-2;/h4-5,8,11,17H,3,6-7,9-10H2,1-2H3;1H. The predicted molar refractivity (Wildman–Crippen MR) is 93.0 cm³/mol. The maximum Gasteiger partial charge on any atom is 0.255 e. The van der Waals surface area contributed by atoms with Crippen molar-refractivity contribution < 1.29 is 4.79 Å². The molecule has 0 aromatic heterocycles. The highest BCUT2D eigenvalue weighted by Gasteiger charge is 2.27. The third-order valence-electron chi connectivity index (χ3n) is 3.54. The molecule has 1 saturated heterocycles. The van der Waals surface area contributed by atoms with Crippen LogP contribution in [0, 0.1) is 5.92 Å². The zero-order valence-corrected chi connectivity index (χ0v) is 14.8. The molecule has 1 aliphatic heterocycles. The Morgan fingerprint density at radius 1 is 1.52 bits per heavy atom. The molecule has 118 valence electrons. The van der Waals surface area contributed by atoms with Gasteiger partial charge in [-0.2, -0.15) is 0 Å². The quantitative estimate of drug-likeness (QED) is 0.825. The van der Waals surface area contributed by atoms with E-state index < -0.39 is 0 Å². The van der Waals surface area contributed by atoms with Crippen LogP contribution in [-0.4, -0.2) is 43.2 Å². The number of hydrogen-bond acceptors (Lipinski definition) is 3. The number of benzene rings is 1. The summed E-state index contributed by atoms with van der Waals surface area (Å²) in [6.07, 6.45) is 1.07. The maximum atomic E-state index is 12.7. The second-order valence-corrected chi connectivity index (χ2v) is 6.78. The summed E-state index contributed by atoms with van der Waals surface area (Å²) in [5.41, 5.74) is 0.745. The Hall–Kier alpha value is -0.420. The summed E-state index contributed by atoms with van der Waals surface area (Å²) in [5, 5.41) is 3.81. The van der Waals surface area contributed by atoms with Crippen LogP contribution >= 0.6 is 35.8 Å². The molecular weight excluding hydrogens is 327 g/mol. The molecule has 3 nitrogen and oxygen atoms in total. The molecule has 1 aliphatic rings. The Bertz CT molecular complexity index is 485. The van der Waals surface area contributed by atoms with Crippen molar-refractivity contribution in [2.24, 2.45) is 5.92 Å². The molecule has 1 aromatic rings. The summed E-state index contributed by atoms with van der Waals surface area (Å²) >= 11 is 7.75. The van der Waals surface area contributed by atoms with E-state index in [2.05, 4.69) is 12.2 Å². The topological polar surface area (TPSA) is 32.3 Å². The molecule has 6 heteroatoms. The SMILES string of the molecule is CCSc1ccc(Cl)cc1C(=O)N1CCC(CNC)C1.Cl. The van der Waals surface area contributed by atoms with Crippen LogP contribution in [0.3, 0.4) is 0 Å². The van der Waals surface area contributed by atoms with Crippen molar-refractivity contribution in [1.82, 2.24) is 10.2 Å². The number of halogens is 2. The predicted octanol–water partition coefficient (Wildman–Crippen LogP) is 3.56. The van der Waals surface area contributed by atoms with Crippen molar-refractivity contribution in [3.8, 4) is 0 Å². The molecule has 1 fully saturated rings. The van der Waals surface area contributed by atoms with Crippen molar-refractivity contribution in [3.05, 3.63) is 28.8 Å². The van der Waals surface area contributed by atoms with E-state index in [1.165, 1.54) is 0 Å². The van der Waals surface area contributed by atoms with Crippen LogP contribution in [0.4, 0.5) is 0 Å². The fourth-order valence-corrected chi connectivity index (χ4v) is 3.54. The molecule has 1 atom stereocenters. The van der Waals surface area contributed by atoms with Crippen LogP contribution in [-0.2, 0) is 0 Å². The van der Waals surface area contributed by atoms with E-state index in [-0.39, 0.29) is 18.3 Å². The summed E-state index contributed by atoms with van der Waals surface area (Å²) in [7, 11) is 1.96. The minimum Gasteiger partial charge on any atom is -0.338 e. The summed E-state index contributed by atoms with van der Waals surface area (Å²) in [5.74, 6) is 1.62. The van der Waals surface area contributed by atoms with Gasteiger partial charge in [0.05, 0.1) is 5.56 Å². The summed E-state index contributed by atoms with van der Waals surface area (Å²) in [6.45, 7) is 4.73. The van der Waals surface area contributed by atoms with Gasteiger partial charge in [-0.25, -0.2) is 0 Å². The monoisotopic (exact) mass is 348 g/mol. The molecule has 1 heterocycles. The minimum atomic E-state index is 0. The first-order chi connectivity index (χ1) is 9.65. The molecular formula is C15H22Cl2N2OS. The summed E-state index contributed by atoms with van der Waals surface area (Å²) < 4.78 is 0. The lowest BCUT2D eigenvalue weighted by molar-refractivity contribution is 0.0784. The molecule has 2 rings (SSSR count). The number of likely N-dealkylation sites (tertiary alicyclic amines) is 1. The largest absolute Gasteiger partial charge is 0.338 e. The van der Waals surface area contributed by atoms with Gasteiger partial charge in [-0.1, -0.05) is 18.5 Å². The Morgan fingerprint density at radius 3 is 2.95 bits per heavy atom. The number of carbonyl (C=O) groups is 1. The Morgan fingerprint density at radius 2 is 2.29 bits per heavy atom. The Labute approximate surface area is 142 Å². The zero-order chi connectivity index (χ0) is 14.5. The lowest BCUT2D eigenvalue weighted by Gasteiger charge is -2.18. The second kappa shape index (κ2) is 8.89. The normalized spacial score (nSPS) is 17.7. The average molecular weight is 349 g/mol. The van der Waals surface area contributed by atoms with Gasteiger partial charge in [-0.05, 0) is 49.9 Å². The first kappa shape index (κ1) is 18.6. The number of rotatable bonds is 5. The first-order valence-corrected chi connectivity index (χ1v) is 8.38. The molecule has 1 amide bonds. The van der Waals surface area contributed by atoms with Gasteiger partial charge in [0.1, 0.15) is 0 Å². The smallest absolute Gasteiger partial charge is 0.255 e. The average Bonchev–Trinajstić information content (AvgIpc) is 2.89. The van der Waals surface area contributed by atoms with Crippen LogP contribution in [0.5, 0.6) is 0 Å². The van der Waals surface area contributed by atoms with Gasteiger partial charge >= 0.3 is 0 Å². The lowest BCUT2D eigenvalue weighted by atomic mass is 10.1. The van der Waals surface area contributed by atoms with Gasteiger partial charge < -0.3 is 10.2 Å².